The molecule has 1 aliphatic rings. The number of nitrogens with one attached hydrogen (secondary N) is 1. The van der Waals surface area contributed by atoms with Crippen molar-refractivity contribution in [1.29, 1.82) is 0 Å². The maximum atomic E-state index is 10.9. The summed E-state index contributed by atoms with van der Waals surface area (Å²) in [6.45, 7) is 7.88. The van der Waals surface area contributed by atoms with E-state index in [1.54, 1.807) is 0 Å². The largest absolute Gasteiger partial charge is 0.350 e. The van der Waals surface area contributed by atoms with E-state index in [-0.39, 0.29) is 5.91 Å². The lowest BCUT2D eigenvalue weighted by atomic mass is 9.74. The second kappa shape index (κ2) is 3.74. The predicted molar refractivity (Wildman–Crippen MR) is 49.7 cm³/mol. The van der Waals surface area contributed by atoms with Crippen LogP contribution in [0.2, 0.25) is 0 Å². The van der Waals surface area contributed by atoms with Crippen molar-refractivity contribution in [2.45, 2.75) is 32.7 Å². The quantitative estimate of drug-likeness (QED) is 0.637. The molecule has 0 spiro atoms. The molecule has 0 heterocycles. The van der Waals surface area contributed by atoms with Gasteiger partial charge < -0.3 is 5.32 Å². The van der Waals surface area contributed by atoms with Gasteiger partial charge in [-0.05, 0) is 30.8 Å². The normalized spacial score (nSPS) is 27.9. The van der Waals surface area contributed by atoms with Gasteiger partial charge >= 0.3 is 0 Å². The first-order valence-electron chi connectivity index (χ1n) is 4.56. The minimum atomic E-state index is -0.0396. The van der Waals surface area contributed by atoms with Gasteiger partial charge in [0.15, 0.2) is 0 Å². The topological polar surface area (TPSA) is 29.1 Å². The fourth-order valence-electron chi connectivity index (χ4n) is 1.58. The van der Waals surface area contributed by atoms with Crippen LogP contribution in [-0.2, 0) is 4.79 Å². The Hall–Kier alpha value is -0.790. The molecule has 68 valence electrons. The van der Waals surface area contributed by atoms with E-state index in [9.17, 15) is 4.79 Å². The molecule has 1 aliphatic carbocycles. The maximum Gasteiger partial charge on any atom is 0.243 e. The third-order valence-electron chi connectivity index (χ3n) is 2.65. The molecular weight excluding hydrogens is 150 g/mol. The lowest BCUT2D eigenvalue weighted by Gasteiger charge is -2.38. The van der Waals surface area contributed by atoms with E-state index in [1.807, 2.05) is 0 Å². The molecule has 2 nitrogen and oxygen atoms in total. The molecule has 2 heteroatoms. The molecule has 0 unspecified atom stereocenters. The van der Waals surface area contributed by atoms with E-state index in [2.05, 4.69) is 25.7 Å². The van der Waals surface area contributed by atoms with Crippen LogP contribution in [-0.4, -0.2) is 11.9 Å². The Labute approximate surface area is 74.0 Å². The molecule has 12 heavy (non-hydrogen) atoms. The molecular formula is C10H17NO. The molecule has 1 amide bonds. The van der Waals surface area contributed by atoms with Crippen LogP contribution in [0.3, 0.4) is 0 Å². The van der Waals surface area contributed by atoms with Gasteiger partial charge in [0.25, 0.3) is 0 Å². The summed E-state index contributed by atoms with van der Waals surface area (Å²) in [5.74, 6) is 1.52. The average molecular weight is 167 g/mol. The summed E-state index contributed by atoms with van der Waals surface area (Å²) in [6.07, 6.45) is 3.61. The van der Waals surface area contributed by atoms with Crippen LogP contribution in [0.25, 0.3) is 0 Å². The summed E-state index contributed by atoms with van der Waals surface area (Å²) in [6, 6.07) is 0.405. The van der Waals surface area contributed by atoms with Crippen molar-refractivity contribution < 1.29 is 4.79 Å². The Balaban J connectivity index is 2.17. The van der Waals surface area contributed by atoms with Crippen LogP contribution >= 0.6 is 0 Å². The van der Waals surface area contributed by atoms with Gasteiger partial charge in [-0.25, -0.2) is 0 Å². The minimum Gasteiger partial charge on any atom is -0.350 e. The fraction of sp³-hybridized carbons (Fsp3) is 0.700. The standard InChI is InChI=1S/C10H17NO/c1-4-10(12)11-9-5-8(6-9)7(2)3/h4,7-9H,1,5-6H2,2-3H3,(H,11,12)/t8-,9-. The number of hydrogen-bond acceptors (Lipinski definition) is 1. The summed E-state index contributed by atoms with van der Waals surface area (Å²) in [5, 5.41) is 2.89. The summed E-state index contributed by atoms with van der Waals surface area (Å²) >= 11 is 0. The van der Waals surface area contributed by atoms with Gasteiger partial charge in [0, 0.05) is 6.04 Å². The van der Waals surface area contributed by atoms with Crippen LogP contribution in [0.5, 0.6) is 0 Å². The van der Waals surface area contributed by atoms with Crippen molar-refractivity contribution in [1.82, 2.24) is 5.32 Å². The van der Waals surface area contributed by atoms with Gasteiger partial charge in [-0.2, -0.15) is 0 Å². The first-order chi connectivity index (χ1) is 5.63. The van der Waals surface area contributed by atoms with Crippen molar-refractivity contribution in [3.8, 4) is 0 Å². The third kappa shape index (κ3) is 2.10. The molecule has 0 atom stereocenters. The van der Waals surface area contributed by atoms with E-state index >= 15 is 0 Å². The Morgan fingerprint density at radius 3 is 2.58 bits per heavy atom. The number of carbonyl (C=O) groups is 1. The Morgan fingerprint density at radius 2 is 2.17 bits per heavy atom. The number of hydrogen-bond donors (Lipinski definition) is 1. The zero-order chi connectivity index (χ0) is 9.14. The van der Waals surface area contributed by atoms with Gasteiger partial charge in [-0.3, -0.25) is 4.79 Å². The molecule has 0 bridgehead atoms. The number of rotatable bonds is 3. The lowest BCUT2D eigenvalue weighted by Crippen LogP contribution is -2.45. The molecule has 0 aromatic rings. The van der Waals surface area contributed by atoms with Gasteiger partial charge in [0.2, 0.25) is 5.91 Å². The molecule has 0 aromatic heterocycles. The van der Waals surface area contributed by atoms with Crippen LogP contribution in [0.1, 0.15) is 26.7 Å². The molecule has 0 radical (unpaired) electrons. The minimum absolute atomic E-state index is 0.0396. The molecule has 0 saturated heterocycles. The predicted octanol–water partition coefficient (Wildman–Crippen LogP) is 1.72. The Bertz CT molecular complexity index is 180. The first kappa shape index (κ1) is 9.30. The van der Waals surface area contributed by atoms with Crippen molar-refractivity contribution in [3.63, 3.8) is 0 Å². The van der Waals surface area contributed by atoms with Crippen molar-refractivity contribution in [3.05, 3.63) is 12.7 Å². The molecule has 1 N–H and O–H groups in total. The highest BCUT2D eigenvalue weighted by Crippen LogP contribution is 2.33. The van der Waals surface area contributed by atoms with E-state index in [4.69, 9.17) is 0 Å². The summed E-state index contributed by atoms with van der Waals surface area (Å²) in [5.41, 5.74) is 0. The highest BCUT2D eigenvalue weighted by atomic mass is 16.1. The maximum absolute atomic E-state index is 10.9. The molecule has 1 fully saturated rings. The number of amides is 1. The molecule has 0 aromatic carbocycles. The summed E-state index contributed by atoms with van der Waals surface area (Å²) < 4.78 is 0. The van der Waals surface area contributed by atoms with Crippen LogP contribution in [0.4, 0.5) is 0 Å². The van der Waals surface area contributed by atoms with E-state index in [0.717, 1.165) is 24.7 Å². The van der Waals surface area contributed by atoms with Gasteiger partial charge in [-0.15, -0.1) is 0 Å². The van der Waals surface area contributed by atoms with Crippen molar-refractivity contribution in [2.24, 2.45) is 11.8 Å². The lowest BCUT2D eigenvalue weighted by molar-refractivity contribution is -0.118. The smallest absolute Gasteiger partial charge is 0.243 e. The van der Waals surface area contributed by atoms with E-state index in [1.165, 1.54) is 6.08 Å². The Kier molecular flexibility index (Phi) is 2.90. The zero-order valence-corrected chi connectivity index (χ0v) is 7.84. The second-order valence-corrected chi connectivity index (χ2v) is 3.89. The molecule has 1 saturated carbocycles. The van der Waals surface area contributed by atoms with Gasteiger partial charge in [0.05, 0.1) is 0 Å². The zero-order valence-electron chi connectivity index (χ0n) is 7.84. The highest BCUT2D eigenvalue weighted by Gasteiger charge is 2.31. The van der Waals surface area contributed by atoms with Crippen molar-refractivity contribution in [2.75, 3.05) is 0 Å². The van der Waals surface area contributed by atoms with E-state index < -0.39 is 0 Å². The van der Waals surface area contributed by atoms with Crippen LogP contribution < -0.4 is 5.32 Å². The molecule has 0 aliphatic heterocycles. The first-order valence-corrected chi connectivity index (χ1v) is 4.56. The summed E-state index contributed by atoms with van der Waals surface area (Å²) in [4.78, 5) is 10.9. The monoisotopic (exact) mass is 167 g/mol. The van der Waals surface area contributed by atoms with E-state index in [0.29, 0.717) is 6.04 Å². The third-order valence-corrected chi connectivity index (χ3v) is 2.65. The highest BCUT2D eigenvalue weighted by molar-refractivity contribution is 5.87. The second-order valence-electron chi connectivity index (χ2n) is 3.89. The van der Waals surface area contributed by atoms with Crippen molar-refractivity contribution >= 4 is 5.91 Å². The van der Waals surface area contributed by atoms with Gasteiger partial charge in [-0.1, -0.05) is 20.4 Å². The van der Waals surface area contributed by atoms with Crippen LogP contribution in [0.15, 0.2) is 12.7 Å². The summed E-state index contributed by atoms with van der Waals surface area (Å²) in [7, 11) is 0. The molecule has 1 rings (SSSR count). The van der Waals surface area contributed by atoms with Crippen LogP contribution in [0, 0.1) is 11.8 Å². The van der Waals surface area contributed by atoms with Gasteiger partial charge in [0.1, 0.15) is 0 Å². The average Bonchev–Trinajstić information content (AvgIpc) is 1.94. The number of carbonyl (C=O) groups excluding carboxylic acids is 1. The SMILES string of the molecule is C=CC(=O)N[C@H]1C[C@H](C(C)C)C1. The fourth-order valence-corrected chi connectivity index (χ4v) is 1.58. The Morgan fingerprint density at radius 1 is 1.58 bits per heavy atom.